The van der Waals surface area contributed by atoms with Crippen LogP contribution in [0.1, 0.15) is 66.0 Å². The summed E-state index contributed by atoms with van der Waals surface area (Å²) in [5.41, 5.74) is 20.5. The van der Waals surface area contributed by atoms with E-state index in [2.05, 4.69) is 58.9 Å². The topological polar surface area (TPSA) is 70.5 Å². The van der Waals surface area contributed by atoms with Gasteiger partial charge in [0.25, 0.3) is 0 Å². The first-order valence-electron chi connectivity index (χ1n) is 13.9. The van der Waals surface area contributed by atoms with Gasteiger partial charge in [0.2, 0.25) is 0 Å². The van der Waals surface area contributed by atoms with Crippen LogP contribution in [0.5, 0.6) is 23.0 Å². The zero-order valence-electron chi connectivity index (χ0n) is 23.8. The molecule has 1 fully saturated rings. The van der Waals surface area contributed by atoms with E-state index >= 15 is 0 Å². The largest absolute Gasteiger partial charge is 0.457 e. The van der Waals surface area contributed by atoms with Crippen LogP contribution in [-0.2, 0) is 5.41 Å². The van der Waals surface area contributed by atoms with E-state index in [-0.39, 0.29) is 5.41 Å². The van der Waals surface area contributed by atoms with Gasteiger partial charge in [0.1, 0.15) is 23.0 Å². The highest BCUT2D eigenvalue weighted by atomic mass is 16.5. The van der Waals surface area contributed by atoms with Crippen molar-refractivity contribution < 1.29 is 9.47 Å². The van der Waals surface area contributed by atoms with Gasteiger partial charge in [-0.1, -0.05) is 44.0 Å². The molecule has 1 atom stereocenters. The van der Waals surface area contributed by atoms with E-state index in [0.717, 1.165) is 69.5 Å². The quantitative estimate of drug-likeness (QED) is 0.249. The van der Waals surface area contributed by atoms with Gasteiger partial charge < -0.3 is 20.9 Å². The molecule has 0 heterocycles. The van der Waals surface area contributed by atoms with Gasteiger partial charge in [-0.05, 0) is 128 Å². The van der Waals surface area contributed by atoms with Crippen molar-refractivity contribution >= 4 is 11.4 Å². The first-order chi connectivity index (χ1) is 18.6. The van der Waals surface area contributed by atoms with Crippen LogP contribution in [0.4, 0.5) is 11.4 Å². The Labute approximate surface area is 233 Å². The SMILES string of the molecule is Cc1cc(C2(c3cc(C)c(Oc4ccc(N)cc4)c(C)c3)CCCC(C)C2)cc(C)c1Oc1ccc(N)cc1. The lowest BCUT2D eigenvalue weighted by Gasteiger charge is -2.42. The maximum atomic E-state index is 6.34. The summed E-state index contributed by atoms with van der Waals surface area (Å²) in [5.74, 6) is 4.08. The number of rotatable bonds is 6. The molecule has 4 nitrogen and oxygen atoms in total. The average molecular weight is 521 g/mol. The average Bonchev–Trinajstić information content (AvgIpc) is 2.90. The number of hydrogen-bond acceptors (Lipinski definition) is 4. The summed E-state index contributed by atoms with van der Waals surface area (Å²) in [7, 11) is 0. The third kappa shape index (κ3) is 5.47. The van der Waals surface area contributed by atoms with Gasteiger partial charge in [-0.25, -0.2) is 0 Å². The molecule has 0 aliphatic heterocycles. The Kier molecular flexibility index (Phi) is 7.31. The summed E-state index contributed by atoms with van der Waals surface area (Å²) in [5, 5.41) is 0. The van der Waals surface area contributed by atoms with Gasteiger partial charge >= 0.3 is 0 Å². The summed E-state index contributed by atoms with van der Waals surface area (Å²) < 4.78 is 12.7. The van der Waals surface area contributed by atoms with Crippen LogP contribution in [-0.4, -0.2) is 0 Å². The van der Waals surface area contributed by atoms with Gasteiger partial charge in [0.05, 0.1) is 0 Å². The van der Waals surface area contributed by atoms with Crippen molar-refractivity contribution in [2.24, 2.45) is 5.92 Å². The molecule has 39 heavy (non-hydrogen) atoms. The fourth-order valence-electron chi connectivity index (χ4n) is 6.32. The fraction of sp³-hybridized carbons (Fsp3) is 0.314. The summed E-state index contributed by atoms with van der Waals surface area (Å²) in [6.07, 6.45) is 4.74. The number of benzene rings is 4. The van der Waals surface area contributed by atoms with Crippen LogP contribution in [0, 0.1) is 33.6 Å². The zero-order chi connectivity index (χ0) is 27.7. The highest BCUT2D eigenvalue weighted by molar-refractivity contribution is 5.55. The third-order valence-corrected chi connectivity index (χ3v) is 8.22. The molecule has 0 spiro atoms. The third-order valence-electron chi connectivity index (χ3n) is 8.22. The van der Waals surface area contributed by atoms with Gasteiger partial charge in [0.15, 0.2) is 0 Å². The molecule has 0 aromatic heterocycles. The Morgan fingerprint density at radius 2 is 1.03 bits per heavy atom. The fourth-order valence-corrected chi connectivity index (χ4v) is 6.32. The summed E-state index contributed by atoms with van der Waals surface area (Å²) in [6.45, 7) is 11.0. The highest BCUT2D eigenvalue weighted by Gasteiger charge is 2.39. The predicted molar refractivity (Wildman–Crippen MR) is 162 cm³/mol. The first kappa shape index (κ1) is 26.7. The summed E-state index contributed by atoms with van der Waals surface area (Å²) in [4.78, 5) is 0. The molecule has 0 bridgehead atoms. The highest BCUT2D eigenvalue weighted by Crippen LogP contribution is 2.49. The number of aryl methyl sites for hydroxylation is 4. The maximum absolute atomic E-state index is 6.34. The summed E-state index contributed by atoms with van der Waals surface area (Å²) in [6, 6.07) is 24.6. The van der Waals surface area contributed by atoms with Gasteiger partial charge in [-0.3, -0.25) is 0 Å². The molecule has 0 saturated heterocycles. The molecule has 202 valence electrons. The molecule has 1 unspecified atom stereocenters. The minimum Gasteiger partial charge on any atom is -0.457 e. The standard InChI is InChI=1S/C35H40N2O2/c1-22-7-6-16-35(21-22,27-17-23(2)33(24(3)18-27)38-31-12-8-29(36)9-13-31)28-19-25(4)34(26(5)20-28)39-32-14-10-30(37)11-15-32/h8-15,17-20,22H,6-7,16,21,36-37H2,1-5H3. The molecule has 5 rings (SSSR count). The van der Waals surface area contributed by atoms with Crippen molar-refractivity contribution in [2.45, 2.75) is 65.7 Å². The second kappa shape index (κ2) is 10.7. The van der Waals surface area contributed by atoms with Crippen molar-refractivity contribution in [2.75, 3.05) is 11.5 Å². The number of hydrogen-bond donors (Lipinski definition) is 2. The second-order valence-electron chi connectivity index (χ2n) is 11.5. The van der Waals surface area contributed by atoms with E-state index in [9.17, 15) is 0 Å². The van der Waals surface area contributed by atoms with E-state index in [4.69, 9.17) is 20.9 Å². The van der Waals surface area contributed by atoms with Crippen LogP contribution in [0.15, 0.2) is 72.8 Å². The summed E-state index contributed by atoms with van der Waals surface area (Å²) >= 11 is 0. The Balaban J connectivity index is 1.55. The molecule has 1 saturated carbocycles. The van der Waals surface area contributed by atoms with Crippen molar-refractivity contribution in [1.82, 2.24) is 0 Å². The van der Waals surface area contributed by atoms with Crippen molar-refractivity contribution in [3.05, 3.63) is 106 Å². The van der Waals surface area contributed by atoms with Gasteiger partial charge in [-0.2, -0.15) is 0 Å². The van der Waals surface area contributed by atoms with E-state index in [0.29, 0.717) is 5.92 Å². The minimum absolute atomic E-state index is 0.0534. The molecule has 4 N–H and O–H groups in total. The van der Waals surface area contributed by atoms with Crippen LogP contribution in [0.3, 0.4) is 0 Å². The Hall–Kier alpha value is -3.92. The molecule has 1 aliphatic carbocycles. The molecular weight excluding hydrogens is 480 g/mol. The molecular formula is C35H40N2O2. The molecule has 4 aromatic rings. The van der Waals surface area contributed by atoms with Gasteiger partial charge in [0, 0.05) is 16.8 Å². The molecule has 0 amide bonds. The second-order valence-corrected chi connectivity index (χ2v) is 11.5. The molecule has 0 radical (unpaired) electrons. The monoisotopic (exact) mass is 520 g/mol. The normalized spacial score (nSPS) is 16.6. The number of nitrogens with two attached hydrogens (primary N) is 2. The van der Waals surface area contributed by atoms with Crippen LogP contribution in [0.25, 0.3) is 0 Å². The van der Waals surface area contributed by atoms with Crippen LogP contribution in [0.2, 0.25) is 0 Å². The lowest BCUT2D eigenvalue weighted by molar-refractivity contribution is 0.272. The smallest absolute Gasteiger partial charge is 0.133 e. The van der Waals surface area contributed by atoms with Gasteiger partial charge in [-0.15, -0.1) is 0 Å². The van der Waals surface area contributed by atoms with E-state index in [1.807, 2.05) is 48.5 Å². The number of nitrogen functional groups attached to an aromatic ring is 2. The molecule has 4 aromatic carbocycles. The first-order valence-corrected chi connectivity index (χ1v) is 13.9. The minimum atomic E-state index is -0.0534. The van der Waals surface area contributed by atoms with Crippen LogP contribution < -0.4 is 20.9 Å². The zero-order valence-corrected chi connectivity index (χ0v) is 23.8. The Morgan fingerprint density at radius 1 is 0.641 bits per heavy atom. The van der Waals surface area contributed by atoms with E-state index < -0.39 is 0 Å². The van der Waals surface area contributed by atoms with Crippen molar-refractivity contribution in [1.29, 1.82) is 0 Å². The predicted octanol–water partition coefficient (Wildman–Crippen LogP) is 9.17. The number of anilines is 2. The molecule has 1 aliphatic rings. The van der Waals surface area contributed by atoms with E-state index in [1.165, 1.54) is 24.0 Å². The number of ether oxygens (including phenoxy) is 2. The van der Waals surface area contributed by atoms with Crippen LogP contribution >= 0.6 is 0 Å². The Morgan fingerprint density at radius 3 is 1.38 bits per heavy atom. The van der Waals surface area contributed by atoms with E-state index in [1.54, 1.807) is 0 Å². The lowest BCUT2D eigenvalue weighted by atomic mass is 9.62. The maximum Gasteiger partial charge on any atom is 0.133 e. The van der Waals surface area contributed by atoms with Crippen molar-refractivity contribution in [3.63, 3.8) is 0 Å². The Bertz CT molecular complexity index is 1320. The lowest BCUT2D eigenvalue weighted by Crippen LogP contribution is -2.34. The molecule has 4 heteroatoms. The van der Waals surface area contributed by atoms with Crippen molar-refractivity contribution in [3.8, 4) is 23.0 Å².